The van der Waals surface area contributed by atoms with E-state index < -0.39 is 0 Å². The molecule has 0 saturated heterocycles. The van der Waals surface area contributed by atoms with Crippen molar-refractivity contribution in [3.63, 3.8) is 0 Å². The van der Waals surface area contributed by atoms with E-state index in [9.17, 15) is 0 Å². The van der Waals surface area contributed by atoms with E-state index in [0.29, 0.717) is 0 Å². The van der Waals surface area contributed by atoms with Gasteiger partial charge in [-0.25, -0.2) is 0 Å². The molecule has 0 unspecified atom stereocenters. The highest BCUT2D eigenvalue weighted by atomic mass is 14.3. The van der Waals surface area contributed by atoms with E-state index in [1.54, 1.807) is 6.08 Å². The minimum Gasteiger partial charge on any atom is -0.309 e. The van der Waals surface area contributed by atoms with Gasteiger partial charge in [-0.2, -0.15) is 0 Å². The zero-order chi connectivity index (χ0) is 8.97. The van der Waals surface area contributed by atoms with Crippen molar-refractivity contribution in [2.75, 3.05) is 0 Å². The molecule has 1 rings (SSSR count). The highest BCUT2D eigenvalue weighted by molar-refractivity contribution is 5.67. The standard InChI is InChI=1S/C11H17N/c1-9-7-11(8-9)10(2)5-3-4-6-12/h3-4,6,9,11-12H,2,5,7-8H2,1H3/b4-3+,12-6?. The SMILES string of the molecule is C=C(C/C=C/C=N)C1CC(C)C1. The lowest BCUT2D eigenvalue weighted by atomic mass is 9.72. The summed E-state index contributed by atoms with van der Waals surface area (Å²) in [6.45, 7) is 6.35. The molecule has 0 aliphatic heterocycles. The van der Waals surface area contributed by atoms with Gasteiger partial charge in [0.1, 0.15) is 0 Å². The van der Waals surface area contributed by atoms with Gasteiger partial charge in [0.15, 0.2) is 0 Å². The van der Waals surface area contributed by atoms with Crippen LogP contribution in [0.25, 0.3) is 0 Å². The molecule has 66 valence electrons. The minimum atomic E-state index is 0.760. The Bertz CT molecular complexity index is 197. The zero-order valence-corrected chi connectivity index (χ0v) is 7.72. The molecule has 12 heavy (non-hydrogen) atoms. The van der Waals surface area contributed by atoms with Crippen LogP contribution in [0.1, 0.15) is 26.2 Å². The molecule has 0 bridgehead atoms. The second-order valence-corrected chi connectivity index (χ2v) is 3.73. The third-order valence-corrected chi connectivity index (χ3v) is 2.56. The summed E-state index contributed by atoms with van der Waals surface area (Å²) in [5.74, 6) is 1.66. The maximum absolute atomic E-state index is 6.80. The van der Waals surface area contributed by atoms with Crippen molar-refractivity contribution in [3.8, 4) is 0 Å². The summed E-state index contributed by atoms with van der Waals surface area (Å²) in [5, 5.41) is 6.80. The van der Waals surface area contributed by atoms with Crippen molar-refractivity contribution in [1.82, 2.24) is 0 Å². The highest BCUT2D eigenvalue weighted by Crippen LogP contribution is 2.38. The summed E-state index contributed by atoms with van der Waals surface area (Å²) < 4.78 is 0. The van der Waals surface area contributed by atoms with Gasteiger partial charge in [-0.1, -0.05) is 25.2 Å². The van der Waals surface area contributed by atoms with Gasteiger partial charge in [-0.05, 0) is 37.2 Å². The summed E-state index contributed by atoms with van der Waals surface area (Å²) >= 11 is 0. The Hall–Kier alpha value is -0.850. The Kier molecular flexibility index (Phi) is 3.27. The van der Waals surface area contributed by atoms with Gasteiger partial charge < -0.3 is 5.41 Å². The fourth-order valence-corrected chi connectivity index (χ4v) is 1.69. The van der Waals surface area contributed by atoms with Crippen molar-refractivity contribution in [2.24, 2.45) is 11.8 Å². The van der Waals surface area contributed by atoms with E-state index in [1.165, 1.54) is 24.6 Å². The van der Waals surface area contributed by atoms with Crippen LogP contribution in [0.4, 0.5) is 0 Å². The maximum Gasteiger partial charge on any atom is 0.0174 e. The maximum atomic E-state index is 6.80. The van der Waals surface area contributed by atoms with E-state index in [4.69, 9.17) is 5.41 Å². The Morgan fingerprint density at radius 3 is 2.75 bits per heavy atom. The first-order chi connectivity index (χ1) is 5.74. The molecule has 1 aliphatic rings. The second kappa shape index (κ2) is 4.24. The molecule has 0 aromatic heterocycles. The second-order valence-electron chi connectivity index (χ2n) is 3.73. The van der Waals surface area contributed by atoms with Crippen LogP contribution in [-0.2, 0) is 0 Å². The van der Waals surface area contributed by atoms with Crippen LogP contribution in [0.2, 0.25) is 0 Å². The number of nitrogens with one attached hydrogen (secondary N) is 1. The van der Waals surface area contributed by atoms with Crippen molar-refractivity contribution >= 4 is 6.21 Å². The van der Waals surface area contributed by atoms with Crippen molar-refractivity contribution in [1.29, 1.82) is 5.41 Å². The largest absolute Gasteiger partial charge is 0.309 e. The quantitative estimate of drug-likeness (QED) is 0.486. The van der Waals surface area contributed by atoms with Crippen LogP contribution in [0, 0.1) is 17.2 Å². The van der Waals surface area contributed by atoms with E-state index in [-0.39, 0.29) is 0 Å². The van der Waals surface area contributed by atoms with Crippen LogP contribution in [-0.4, -0.2) is 6.21 Å². The van der Waals surface area contributed by atoms with Gasteiger partial charge in [0.2, 0.25) is 0 Å². The summed E-state index contributed by atoms with van der Waals surface area (Å²) in [6.07, 6.45) is 8.68. The molecule has 0 amide bonds. The molecule has 0 atom stereocenters. The Morgan fingerprint density at radius 2 is 2.25 bits per heavy atom. The lowest BCUT2D eigenvalue weighted by Crippen LogP contribution is -2.22. The summed E-state index contributed by atoms with van der Waals surface area (Å²) in [6, 6.07) is 0. The monoisotopic (exact) mass is 163 g/mol. The van der Waals surface area contributed by atoms with Crippen LogP contribution >= 0.6 is 0 Å². The van der Waals surface area contributed by atoms with Gasteiger partial charge in [-0.3, -0.25) is 0 Å². The van der Waals surface area contributed by atoms with Crippen molar-refractivity contribution in [3.05, 3.63) is 24.3 Å². The molecule has 1 saturated carbocycles. The molecule has 0 heterocycles. The fraction of sp³-hybridized carbons (Fsp3) is 0.545. The van der Waals surface area contributed by atoms with Gasteiger partial charge in [0, 0.05) is 6.21 Å². The van der Waals surface area contributed by atoms with Gasteiger partial charge in [0.25, 0.3) is 0 Å². The first kappa shape index (κ1) is 9.24. The summed E-state index contributed by atoms with van der Waals surface area (Å²) in [7, 11) is 0. The van der Waals surface area contributed by atoms with E-state index in [0.717, 1.165) is 18.3 Å². The molecule has 1 aliphatic carbocycles. The number of hydrogen-bond acceptors (Lipinski definition) is 1. The highest BCUT2D eigenvalue weighted by Gasteiger charge is 2.26. The lowest BCUT2D eigenvalue weighted by Gasteiger charge is -2.34. The van der Waals surface area contributed by atoms with Crippen molar-refractivity contribution in [2.45, 2.75) is 26.2 Å². The van der Waals surface area contributed by atoms with Gasteiger partial charge in [0.05, 0.1) is 0 Å². The lowest BCUT2D eigenvalue weighted by molar-refractivity contribution is 0.247. The molecule has 1 N–H and O–H groups in total. The fourth-order valence-electron chi connectivity index (χ4n) is 1.69. The predicted molar refractivity (Wildman–Crippen MR) is 53.6 cm³/mol. The van der Waals surface area contributed by atoms with Crippen LogP contribution in [0.15, 0.2) is 24.3 Å². The van der Waals surface area contributed by atoms with Gasteiger partial charge >= 0.3 is 0 Å². The molecule has 1 fully saturated rings. The van der Waals surface area contributed by atoms with Crippen LogP contribution < -0.4 is 0 Å². The summed E-state index contributed by atoms with van der Waals surface area (Å²) in [4.78, 5) is 0. The average Bonchev–Trinajstić information content (AvgIpc) is 1.99. The Morgan fingerprint density at radius 1 is 1.58 bits per heavy atom. The topological polar surface area (TPSA) is 23.9 Å². The number of rotatable bonds is 4. The first-order valence-electron chi connectivity index (χ1n) is 4.57. The molecule has 0 aromatic rings. The molecule has 0 radical (unpaired) electrons. The minimum absolute atomic E-state index is 0.760. The third-order valence-electron chi connectivity index (χ3n) is 2.56. The first-order valence-corrected chi connectivity index (χ1v) is 4.57. The predicted octanol–water partition coefficient (Wildman–Crippen LogP) is 3.18. The van der Waals surface area contributed by atoms with Crippen molar-refractivity contribution < 1.29 is 0 Å². The molecular weight excluding hydrogens is 146 g/mol. The number of hydrogen-bond donors (Lipinski definition) is 1. The van der Waals surface area contributed by atoms with Crippen LogP contribution in [0.5, 0.6) is 0 Å². The van der Waals surface area contributed by atoms with Gasteiger partial charge in [-0.15, -0.1) is 0 Å². The van der Waals surface area contributed by atoms with E-state index in [1.807, 2.05) is 6.08 Å². The van der Waals surface area contributed by atoms with E-state index in [2.05, 4.69) is 13.5 Å². The third kappa shape index (κ3) is 2.33. The normalized spacial score (nSPS) is 28.4. The average molecular weight is 163 g/mol. The molecule has 1 nitrogen and oxygen atoms in total. The summed E-state index contributed by atoms with van der Waals surface area (Å²) in [5.41, 5.74) is 1.34. The molecule has 1 heteroatoms. The Balaban J connectivity index is 2.21. The molecule has 0 spiro atoms. The van der Waals surface area contributed by atoms with Crippen LogP contribution in [0.3, 0.4) is 0 Å². The van der Waals surface area contributed by atoms with E-state index >= 15 is 0 Å². The molecule has 0 aromatic carbocycles. The zero-order valence-electron chi connectivity index (χ0n) is 7.72. The Labute approximate surface area is 74.7 Å². The smallest absolute Gasteiger partial charge is 0.0174 e. The number of allylic oxidation sites excluding steroid dienone is 3. The molecular formula is C11H17N.